The van der Waals surface area contributed by atoms with Crippen LogP contribution in [-0.4, -0.2) is 59.1 Å². The molecule has 5 heteroatoms. The number of nitrogens with zero attached hydrogens (tertiary/aromatic N) is 3. The van der Waals surface area contributed by atoms with E-state index in [2.05, 4.69) is 65.3 Å². The number of nitrogens with one attached hydrogen (secondary N) is 1. The van der Waals surface area contributed by atoms with Crippen LogP contribution in [0.1, 0.15) is 28.0 Å². The van der Waals surface area contributed by atoms with E-state index in [4.69, 9.17) is 0 Å². The highest BCUT2D eigenvalue weighted by atomic mass is 16.2. The van der Waals surface area contributed by atoms with Crippen LogP contribution in [-0.2, 0) is 0 Å². The minimum atomic E-state index is 0.0675. The smallest absolute Gasteiger partial charge is 0.253 e. The van der Waals surface area contributed by atoms with Crippen molar-refractivity contribution in [2.45, 2.75) is 12.5 Å². The largest absolute Gasteiger partial charge is 0.337 e. The molecule has 0 bridgehead atoms. The van der Waals surface area contributed by atoms with Crippen LogP contribution < -0.4 is 0 Å². The van der Waals surface area contributed by atoms with Gasteiger partial charge in [-0.15, -0.1) is 0 Å². The Labute approximate surface area is 194 Å². The van der Waals surface area contributed by atoms with Crippen LogP contribution in [0.15, 0.2) is 72.8 Å². The Morgan fingerprint density at radius 2 is 1.76 bits per heavy atom. The minimum absolute atomic E-state index is 0.0675. The van der Waals surface area contributed by atoms with Crippen molar-refractivity contribution in [2.24, 2.45) is 0 Å². The number of likely N-dealkylation sites (tertiary alicyclic amines) is 1. The summed E-state index contributed by atoms with van der Waals surface area (Å²) in [6.07, 6.45) is 1.01. The number of aromatic amines is 1. The lowest BCUT2D eigenvalue weighted by molar-refractivity contribution is 0.0783. The second kappa shape index (κ2) is 8.93. The van der Waals surface area contributed by atoms with Crippen molar-refractivity contribution in [1.29, 1.82) is 0 Å². The highest BCUT2D eigenvalue weighted by Crippen LogP contribution is 2.22. The van der Waals surface area contributed by atoms with Crippen LogP contribution >= 0.6 is 0 Å². The number of likely N-dealkylation sites (N-methyl/N-ethyl adjacent to an activating group) is 1. The first-order chi connectivity index (χ1) is 16.1. The van der Waals surface area contributed by atoms with Gasteiger partial charge >= 0.3 is 0 Å². The second-order valence-electron chi connectivity index (χ2n) is 8.68. The molecule has 1 atom stereocenters. The monoisotopic (exact) mass is 434 g/mol. The Balaban J connectivity index is 1.37. The summed E-state index contributed by atoms with van der Waals surface area (Å²) in [4.78, 5) is 17.2. The van der Waals surface area contributed by atoms with E-state index < -0.39 is 0 Å². The highest BCUT2D eigenvalue weighted by Gasteiger charge is 2.28. The average Bonchev–Trinajstić information content (AvgIpc) is 3.51. The summed E-state index contributed by atoms with van der Waals surface area (Å²) < 4.78 is 0. The quantitative estimate of drug-likeness (QED) is 0.486. The normalized spacial score (nSPS) is 15.6. The predicted octanol–water partition coefficient (Wildman–Crippen LogP) is 4.41. The van der Waals surface area contributed by atoms with E-state index in [9.17, 15) is 4.79 Å². The van der Waals surface area contributed by atoms with E-state index in [1.165, 1.54) is 5.56 Å². The molecule has 1 aromatic heterocycles. The number of amides is 1. The molecule has 33 heavy (non-hydrogen) atoms. The predicted molar refractivity (Wildman–Crippen MR) is 132 cm³/mol. The molecule has 5 nitrogen and oxygen atoms in total. The molecule has 5 rings (SSSR count). The molecule has 1 fully saturated rings. The molecule has 3 aromatic carbocycles. The van der Waals surface area contributed by atoms with E-state index in [1.54, 1.807) is 0 Å². The van der Waals surface area contributed by atoms with Crippen LogP contribution in [0.3, 0.4) is 0 Å². The third kappa shape index (κ3) is 4.39. The number of carbonyl (C=O) groups excluding carboxylic acids is 1. The molecule has 1 aliphatic heterocycles. The zero-order valence-corrected chi connectivity index (χ0v) is 18.9. The van der Waals surface area contributed by atoms with Gasteiger partial charge in [0, 0.05) is 35.6 Å². The van der Waals surface area contributed by atoms with Gasteiger partial charge in [0.2, 0.25) is 0 Å². The fraction of sp³-hybridized carbons (Fsp3) is 0.214. The third-order valence-corrected chi connectivity index (χ3v) is 6.31. The number of hydrogen-bond acceptors (Lipinski definition) is 3. The molecule has 164 valence electrons. The van der Waals surface area contributed by atoms with Crippen LogP contribution in [0.4, 0.5) is 0 Å². The maximum absolute atomic E-state index is 13.1. The van der Waals surface area contributed by atoms with Crippen molar-refractivity contribution in [2.75, 3.05) is 27.2 Å². The van der Waals surface area contributed by atoms with E-state index in [0.717, 1.165) is 41.5 Å². The molecule has 0 unspecified atom stereocenters. The first-order valence-electron chi connectivity index (χ1n) is 11.2. The fourth-order valence-electron chi connectivity index (χ4n) is 4.28. The molecule has 0 spiro atoms. The van der Waals surface area contributed by atoms with E-state index >= 15 is 0 Å². The Kier molecular flexibility index (Phi) is 5.68. The molecule has 1 saturated heterocycles. The summed E-state index contributed by atoms with van der Waals surface area (Å²) >= 11 is 0. The molecule has 0 aliphatic carbocycles. The molecular formula is C28H26N4O. The van der Waals surface area contributed by atoms with Crippen LogP contribution in [0, 0.1) is 11.8 Å². The van der Waals surface area contributed by atoms with Crippen molar-refractivity contribution < 1.29 is 4.79 Å². The molecule has 1 amide bonds. The Morgan fingerprint density at radius 1 is 1.00 bits per heavy atom. The molecule has 0 saturated carbocycles. The lowest BCUT2D eigenvalue weighted by Gasteiger charge is -2.20. The molecule has 2 heterocycles. The topological polar surface area (TPSA) is 52.2 Å². The maximum Gasteiger partial charge on any atom is 0.253 e. The number of aromatic nitrogens is 2. The van der Waals surface area contributed by atoms with Crippen molar-refractivity contribution in [3.05, 3.63) is 89.6 Å². The highest BCUT2D eigenvalue weighted by molar-refractivity contribution is 5.99. The number of H-pyrrole nitrogens is 1. The summed E-state index contributed by atoms with van der Waals surface area (Å²) in [5.74, 6) is 6.45. The Bertz CT molecular complexity index is 1340. The van der Waals surface area contributed by atoms with Crippen LogP contribution in [0.25, 0.3) is 22.0 Å². The summed E-state index contributed by atoms with van der Waals surface area (Å²) in [6.45, 7) is 1.55. The summed E-state index contributed by atoms with van der Waals surface area (Å²) in [7, 11) is 4.13. The van der Waals surface area contributed by atoms with Gasteiger partial charge in [0.1, 0.15) is 5.69 Å². The van der Waals surface area contributed by atoms with Crippen LogP contribution in [0.5, 0.6) is 0 Å². The summed E-state index contributed by atoms with van der Waals surface area (Å²) in [6, 6.07) is 24.6. The number of benzene rings is 3. The fourth-order valence-corrected chi connectivity index (χ4v) is 4.28. The molecule has 4 aromatic rings. The Morgan fingerprint density at radius 3 is 2.48 bits per heavy atom. The first-order valence-corrected chi connectivity index (χ1v) is 11.2. The van der Waals surface area contributed by atoms with Crippen molar-refractivity contribution in [3.8, 4) is 23.0 Å². The SMILES string of the molecule is CN(C)[C@@H]1CCN(C(=O)c2ccc3[nH]nc(C#Cc4ccc(-c5ccccc5)cc4)c3c2)C1. The lowest BCUT2D eigenvalue weighted by atomic mass is 10.0. The summed E-state index contributed by atoms with van der Waals surface area (Å²) in [5.41, 5.74) is 5.47. The van der Waals surface area contributed by atoms with Gasteiger partial charge in [0.05, 0.1) is 5.52 Å². The van der Waals surface area contributed by atoms with Gasteiger partial charge in [0.15, 0.2) is 0 Å². The third-order valence-electron chi connectivity index (χ3n) is 6.31. The van der Waals surface area contributed by atoms with Crippen molar-refractivity contribution in [3.63, 3.8) is 0 Å². The van der Waals surface area contributed by atoms with Crippen molar-refractivity contribution in [1.82, 2.24) is 20.0 Å². The van der Waals surface area contributed by atoms with Gasteiger partial charge in [-0.05, 0) is 67.9 Å². The molecule has 1 N–H and O–H groups in total. The number of fused-ring (bicyclic) bond motifs is 1. The van der Waals surface area contributed by atoms with Crippen LogP contribution in [0.2, 0.25) is 0 Å². The number of hydrogen-bond donors (Lipinski definition) is 1. The maximum atomic E-state index is 13.1. The van der Waals surface area contributed by atoms with E-state index in [1.807, 2.05) is 53.4 Å². The number of carbonyl (C=O) groups is 1. The standard InChI is InChI=1S/C28H26N4O/c1-31(2)24-16-17-32(19-24)28(33)23-13-15-27-25(18-23)26(29-30-27)14-10-20-8-11-22(12-9-20)21-6-4-3-5-7-21/h3-9,11-13,15,18,24H,16-17,19H2,1-2H3,(H,29,30)/t24-/m1/s1. The second-order valence-corrected chi connectivity index (χ2v) is 8.68. The van der Waals surface area contributed by atoms with Gasteiger partial charge < -0.3 is 9.80 Å². The minimum Gasteiger partial charge on any atom is -0.337 e. The van der Waals surface area contributed by atoms with Gasteiger partial charge in [-0.2, -0.15) is 5.10 Å². The average molecular weight is 435 g/mol. The van der Waals surface area contributed by atoms with Gasteiger partial charge in [0.25, 0.3) is 5.91 Å². The zero-order valence-electron chi connectivity index (χ0n) is 18.9. The molecular weight excluding hydrogens is 408 g/mol. The zero-order chi connectivity index (χ0) is 22.8. The van der Waals surface area contributed by atoms with Gasteiger partial charge in [-0.1, -0.05) is 48.4 Å². The van der Waals surface area contributed by atoms with E-state index in [0.29, 0.717) is 17.3 Å². The van der Waals surface area contributed by atoms with E-state index in [-0.39, 0.29) is 5.91 Å². The summed E-state index contributed by atoms with van der Waals surface area (Å²) in [5, 5.41) is 8.28. The van der Waals surface area contributed by atoms with Crippen molar-refractivity contribution >= 4 is 16.8 Å². The first kappa shape index (κ1) is 21.0. The molecule has 0 radical (unpaired) electrons. The van der Waals surface area contributed by atoms with Gasteiger partial charge in [-0.3, -0.25) is 9.89 Å². The molecule has 1 aliphatic rings. The van der Waals surface area contributed by atoms with Gasteiger partial charge in [-0.25, -0.2) is 0 Å². The lowest BCUT2D eigenvalue weighted by Crippen LogP contribution is -2.34. The Hall–Kier alpha value is -3.88. The number of rotatable bonds is 3.